The Morgan fingerprint density at radius 2 is 1.87 bits per heavy atom. The molecule has 2 aliphatic heterocycles. The van der Waals surface area contributed by atoms with Crippen LogP contribution in [0.3, 0.4) is 0 Å². The van der Waals surface area contributed by atoms with Crippen LogP contribution in [0.15, 0.2) is 48.8 Å². The quantitative estimate of drug-likeness (QED) is 0.662. The van der Waals surface area contributed by atoms with E-state index in [-0.39, 0.29) is 5.91 Å². The number of carbonyl (C=O) groups excluding carboxylic acids is 1. The van der Waals surface area contributed by atoms with E-state index in [1.165, 1.54) is 18.5 Å². The lowest BCUT2D eigenvalue weighted by Gasteiger charge is -2.31. The summed E-state index contributed by atoms with van der Waals surface area (Å²) in [6.07, 6.45) is 5.80. The Kier molecular flexibility index (Phi) is 5.54. The molecule has 0 bridgehead atoms. The Balaban J connectivity index is 1.41. The van der Waals surface area contributed by atoms with Crippen molar-refractivity contribution in [3.8, 4) is 11.3 Å². The van der Waals surface area contributed by atoms with Crippen molar-refractivity contribution in [2.75, 3.05) is 54.5 Å². The van der Waals surface area contributed by atoms with Crippen molar-refractivity contribution < 1.29 is 9.53 Å². The zero-order valence-electron chi connectivity index (χ0n) is 17.4. The number of amides is 1. The zero-order chi connectivity index (χ0) is 21.0. The lowest BCUT2D eigenvalue weighted by atomic mass is 10.1. The molecule has 3 aromatic rings. The molecule has 0 saturated carbocycles. The van der Waals surface area contributed by atoms with Gasteiger partial charge < -0.3 is 19.9 Å². The molecule has 8 nitrogen and oxygen atoms in total. The Morgan fingerprint density at radius 1 is 1.03 bits per heavy atom. The zero-order valence-corrected chi connectivity index (χ0v) is 17.4. The summed E-state index contributed by atoms with van der Waals surface area (Å²) in [7, 11) is 0. The highest BCUT2D eigenvalue weighted by molar-refractivity contribution is 6.05. The number of nitrogens with zero attached hydrogens (tertiary/aromatic N) is 4. The maximum Gasteiger partial charge on any atom is 0.274 e. The molecule has 2 aliphatic rings. The van der Waals surface area contributed by atoms with Gasteiger partial charge in [-0.2, -0.15) is 5.10 Å². The van der Waals surface area contributed by atoms with Gasteiger partial charge >= 0.3 is 0 Å². The third kappa shape index (κ3) is 4.25. The lowest BCUT2D eigenvalue weighted by Crippen LogP contribution is -2.36. The topological polar surface area (TPSA) is 86.4 Å². The third-order valence-corrected chi connectivity index (χ3v) is 5.83. The van der Waals surface area contributed by atoms with Crippen molar-refractivity contribution in [2.24, 2.45) is 0 Å². The second-order valence-electron chi connectivity index (χ2n) is 7.84. The first kappa shape index (κ1) is 19.6. The summed E-state index contributed by atoms with van der Waals surface area (Å²) in [5, 5.41) is 9.84. The first-order valence-electron chi connectivity index (χ1n) is 10.8. The van der Waals surface area contributed by atoms with Crippen molar-refractivity contribution in [3.05, 3.63) is 54.5 Å². The number of carbonyl (C=O) groups is 1. The van der Waals surface area contributed by atoms with Crippen LogP contribution in [0.1, 0.15) is 23.3 Å². The maximum absolute atomic E-state index is 13.0. The number of nitrogens with one attached hydrogen (secondary N) is 2. The molecule has 4 heterocycles. The van der Waals surface area contributed by atoms with Gasteiger partial charge in [0.2, 0.25) is 0 Å². The van der Waals surface area contributed by atoms with E-state index in [0.717, 1.165) is 56.3 Å². The fourth-order valence-electron chi connectivity index (χ4n) is 4.16. The highest BCUT2D eigenvalue weighted by Gasteiger charge is 2.21. The van der Waals surface area contributed by atoms with E-state index < -0.39 is 0 Å². The van der Waals surface area contributed by atoms with Crippen LogP contribution in [0, 0.1) is 0 Å². The minimum Gasteiger partial charge on any atom is -0.378 e. The van der Waals surface area contributed by atoms with Gasteiger partial charge in [0.25, 0.3) is 5.91 Å². The number of morpholine rings is 1. The second-order valence-corrected chi connectivity index (χ2v) is 7.84. The minimum absolute atomic E-state index is 0.218. The molecule has 0 unspecified atom stereocenters. The van der Waals surface area contributed by atoms with Gasteiger partial charge in [-0.05, 0) is 43.2 Å². The predicted octanol–water partition coefficient (Wildman–Crippen LogP) is 3.16. The second kappa shape index (κ2) is 8.77. The number of hydrogen-bond acceptors (Lipinski definition) is 6. The van der Waals surface area contributed by atoms with Crippen molar-refractivity contribution in [2.45, 2.75) is 12.8 Å². The number of H-pyrrole nitrogens is 1. The van der Waals surface area contributed by atoms with Crippen LogP contribution >= 0.6 is 0 Å². The largest absolute Gasteiger partial charge is 0.378 e. The van der Waals surface area contributed by atoms with Crippen LogP contribution < -0.4 is 15.1 Å². The molecule has 2 N–H and O–H groups in total. The van der Waals surface area contributed by atoms with E-state index in [9.17, 15) is 4.79 Å². The van der Waals surface area contributed by atoms with E-state index >= 15 is 0 Å². The number of aromatic nitrogens is 3. The number of ether oxygens (including phenoxy) is 1. The summed E-state index contributed by atoms with van der Waals surface area (Å²) in [6.45, 7) is 5.27. The third-order valence-electron chi connectivity index (χ3n) is 5.83. The number of benzene rings is 1. The SMILES string of the molecule is O=C(Nc1ccc(N2CCOCC2)cc1N1CCCC1)c1cccc(-c2cn[nH]c2)n1. The highest BCUT2D eigenvalue weighted by Crippen LogP contribution is 2.34. The Hall–Kier alpha value is -3.39. The summed E-state index contributed by atoms with van der Waals surface area (Å²) >= 11 is 0. The van der Waals surface area contributed by atoms with Crippen LogP contribution in [-0.4, -0.2) is 60.5 Å². The molecule has 2 aromatic heterocycles. The number of aromatic amines is 1. The number of rotatable bonds is 5. The number of pyridine rings is 1. The molecule has 0 spiro atoms. The van der Waals surface area contributed by atoms with Crippen molar-refractivity contribution in [3.63, 3.8) is 0 Å². The maximum atomic E-state index is 13.0. The van der Waals surface area contributed by atoms with Gasteiger partial charge in [-0.25, -0.2) is 4.98 Å². The number of hydrogen-bond donors (Lipinski definition) is 2. The van der Waals surface area contributed by atoms with Gasteiger partial charge in [-0.15, -0.1) is 0 Å². The molecule has 1 aromatic carbocycles. The average molecular weight is 419 g/mol. The predicted molar refractivity (Wildman–Crippen MR) is 121 cm³/mol. The number of anilines is 3. The normalized spacial score (nSPS) is 16.5. The smallest absolute Gasteiger partial charge is 0.274 e. The van der Waals surface area contributed by atoms with E-state index in [4.69, 9.17) is 4.74 Å². The molecular weight excluding hydrogens is 392 g/mol. The Bertz CT molecular complexity index is 1040. The average Bonchev–Trinajstić information content (AvgIpc) is 3.55. The lowest BCUT2D eigenvalue weighted by molar-refractivity contribution is 0.102. The Morgan fingerprint density at radius 3 is 2.65 bits per heavy atom. The van der Waals surface area contributed by atoms with Crippen LogP contribution in [-0.2, 0) is 4.74 Å². The molecular formula is C23H26N6O2. The summed E-state index contributed by atoms with van der Waals surface area (Å²) in [5.74, 6) is -0.218. The summed E-state index contributed by atoms with van der Waals surface area (Å²) in [4.78, 5) is 22.3. The van der Waals surface area contributed by atoms with Gasteiger partial charge in [-0.3, -0.25) is 9.89 Å². The van der Waals surface area contributed by atoms with E-state index in [1.54, 1.807) is 18.5 Å². The van der Waals surface area contributed by atoms with Crippen LogP contribution in [0.2, 0.25) is 0 Å². The molecule has 160 valence electrons. The molecule has 31 heavy (non-hydrogen) atoms. The molecule has 2 saturated heterocycles. The highest BCUT2D eigenvalue weighted by atomic mass is 16.5. The summed E-state index contributed by atoms with van der Waals surface area (Å²) in [5.41, 5.74) is 5.00. The first-order valence-corrected chi connectivity index (χ1v) is 10.8. The molecule has 0 atom stereocenters. The van der Waals surface area contributed by atoms with E-state index in [1.807, 2.05) is 18.2 Å². The molecule has 2 fully saturated rings. The van der Waals surface area contributed by atoms with E-state index in [0.29, 0.717) is 11.4 Å². The minimum atomic E-state index is -0.218. The summed E-state index contributed by atoms with van der Waals surface area (Å²) < 4.78 is 5.49. The molecule has 5 rings (SSSR count). The van der Waals surface area contributed by atoms with Gasteiger partial charge in [0, 0.05) is 43.6 Å². The standard InChI is InChI=1S/C23H26N6O2/c30-23(21-5-3-4-19(26-21)17-15-24-25-16-17)27-20-7-6-18(28-10-12-31-13-11-28)14-22(20)29-8-1-2-9-29/h3-7,14-16H,1-2,8-13H2,(H,24,25)(H,27,30). The van der Waals surface area contributed by atoms with E-state index in [2.05, 4.69) is 42.4 Å². The summed E-state index contributed by atoms with van der Waals surface area (Å²) in [6, 6.07) is 11.7. The van der Waals surface area contributed by atoms with Crippen molar-refractivity contribution in [1.82, 2.24) is 15.2 Å². The van der Waals surface area contributed by atoms with Crippen molar-refractivity contribution in [1.29, 1.82) is 0 Å². The monoisotopic (exact) mass is 418 g/mol. The molecule has 1 amide bonds. The fourth-order valence-corrected chi connectivity index (χ4v) is 4.16. The van der Waals surface area contributed by atoms with Crippen LogP contribution in [0.4, 0.5) is 17.1 Å². The van der Waals surface area contributed by atoms with Gasteiger partial charge in [0.15, 0.2) is 0 Å². The first-order chi connectivity index (χ1) is 15.3. The fraction of sp³-hybridized carbons (Fsp3) is 0.348. The molecule has 0 radical (unpaired) electrons. The Labute approximate surface area is 181 Å². The van der Waals surface area contributed by atoms with Gasteiger partial charge in [-0.1, -0.05) is 6.07 Å². The van der Waals surface area contributed by atoms with Crippen molar-refractivity contribution >= 4 is 23.0 Å². The van der Waals surface area contributed by atoms with Gasteiger partial charge in [0.05, 0.1) is 36.5 Å². The molecule has 0 aliphatic carbocycles. The van der Waals surface area contributed by atoms with Crippen LogP contribution in [0.5, 0.6) is 0 Å². The van der Waals surface area contributed by atoms with Crippen LogP contribution in [0.25, 0.3) is 11.3 Å². The van der Waals surface area contributed by atoms with Gasteiger partial charge in [0.1, 0.15) is 5.69 Å². The molecule has 8 heteroatoms.